The first kappa shape index (κ1) is 7.35. The van der Waals surface area contributed by atoms with Crippen LogP contribution in [0.25, 0.3) is 0 Å². The maximum absolute atomic E-state index is 9.73. The lowest BCUT2D eigenvalue weighted by Gasteiger charge is -2.33. The van der Waals surface area contributed by atoms with E-state index in [1.54, 1.807) is 0 Å². The summed E-state index contributed by atoms with van der Waals surface area (Å²) in [6, 6.07) is 0. The first-order valence-electron chi connectivity index (χ1n) is 4.47. The summed E-state index contributed by atoms with van der Waals surface area (Å²) < 4.78 is 0. The molecule has 0 saturated heterocycles. The van der Waals surface area contributed by atoms with E-state index in [1.165, 1.54) is 12.8 Å². The highest BCUT2D eigenvalue weighted by Gasteiger charge is 2.53. The van der Waals surface area contributed by atoms with Crippen LogP contribution in [0, 0.1) is 17.3 Å². The average molecular weight is 152 g/mol. The van der Waals surface area contributed by atoms with Gasteiger partial charge >= 0.3 is 0 Å². The Kier molecular flexibility index (Phi) is 1.40. The molecule has 0 aliphatic heterocycles. The molecule has 0 radical (unpaired) electrons. The molecular formula is C10H16O. The number of aliphatic hydroxyl groups excluding tert-OH is 1. The summed E-state index contributed by atoms with van der Waals surface area (Å²) in [5.74, 6) is 1.34. The first-order valence-corrected chi connectivity index (χ1v) is 4.47. The predicted octanol–water partition coefficient (Wildman–Crippen LogP) is 1.97. The number of allylic oxidation sites excluding steroid dienone is 1. The molecule has 4 atom stereocenters. The molecule has 2 saturated carbocycles. The molecule has 2 bridgehead atoms. The van der Waals surface area contributed by atoms with Crippen LogP contribution in [0.1, 0.15) is 26.2 Å². The molecule has 2 aliphatic rings. The molecule has 0 spiro atoms. The molecule has 11 heavy (non-hydrogen) atoms. The van der Waals surface area contributed by atoms with Crippen molar-refractivity contribution in [2.45, 2.75) is 32.3 Å². The molecule has 0 aromatic heterocycles. The van der Waals surface area contributed by atoms with Gasteiger partial charge < -0.3 is 5.11 Å². The molecule has 0 heterocycles. The molecule has 0 amide bonds. The third kappa shape index (κ3) is 0.807. The van der Waals surface area contributed by atoms with Gasteiger partial charge in [0.25, 0.3) is 0 Å². The summed E-state index contributed by atoms with van der Waals surface area (Å²) in [7, 11) is 0. The maximum atomic E-state index is 9.73. The monoisotopic (exact) mass is 152 g/mol. The fourth-order valence-electron chi connectivity index (χ4n) is 3.00. The zero-order chi connectivity index (χ0) is 8.06. The normalized spacial score (nSPS) is 54.9. The molecule has 1 nitrogen and oxygen atoms in total. The Bertz CT molecular complexity index is 187. The molecular weight excluding hydrogens is 136 g/mol. The van der Waals surface area contributed by atoms with Gasteiger partial charge in [-0.15, -0.1) is 6.58 Å². The van der Waals surface area contributed by atoms with Gasteiger partial charge in [0.05, 0.1) is 6.10 Å². The zero-order valence-corrected chi connectivity index (χ0v) is 7.09. The number of fused-ring (bicyclic) bond motifs is 2. The molecule has 2 aliphatic carbocycles. The van der Waals surface area contributed by atoms with Crippen molar-refractivity contribution in [1.82, 2.24) is 0 Å². The third-order valence-electron chi connectivity index (χ3n) is 3.77. The highest BCUT2D eigenvalue weighted by Crippen LogP contribution is 2.57. The van der Waals surface area contributed by atoms with Crippen LogP contribution in [0.3, 0.4) is 0 Å². The molecule has 4 unspecified atom stereocenters. The molecule has 0 aromatic rings. The van der Waals surface area contributed by atoms with Gasteiger partial charge in [-0.1, -0.05) is 13.0 Å². The molecule has 62 valence electrons. The van der Waals surface area contributed by atoms with Crippen LogP contribution in [-0.4, -0.2) is 11.2 Å². The van der Waals surface area contributed by atoms with Crippen LogP contribution in [0.15, 0.2) is 12.7 Å². The lowest BCUT2D eigenvalue weighted by Crippen LogP contribution is -2.33. The lowest BCUT2D eigenvalue weighted by atomic mass is 9.75. The van der Waals surface area contributed by atoms with Crippen molar-refractivity contribution in [3.05, 3.63) is 12.7 Å². The second-order valence-electron chi connectivity index (χ2n) is 4.41. The molecule has 1 N–H and O–H groups in total. The maximum Gasteiger partial charge on any atom is 0.0602 e. The van der Waals surface area contributed by atoms with Crippen molar-refractivity contribution < 1.29 is 5.11 Å². The van der Waals surface area contributed by atoms with Gasteiger partial charge in [0, 0.05) is 5.41 Å². The van der Waals surface area contributed by atoms with Crippen LogP contribution >= 0.6 is 0 Å². The van der Waals surface area contributed by atoms with Crippen LogP contribution in [0.2, 0.25) is 0 Å². The van der Waals surface area contributed by atoms with E-state index in [-0.39, 0.29) is 11.5 Å². The standard InChI is InChI=1S/C10H16O/c1-3-8-4-7-5-9(11)10(8,2)6-7/h3,7-9,11H,1,4-6H2,2H3. The number of hydrogen-bond donors (Lipinski definition) is 1. The second kappa shape index (κ2) is 2.10. The lowest BCUT2D eigenvalue weighted by molar-refractivity contribution is 0.0286. The summed E-state index contributed by atoms with van der Waals surface area (Å²) in [5, 5.41) is 9.73. The van der Waals surface area contributed by atoms with Crippen molar-refractivity contribution in [3.8, 4) is 0 Å². The quantitative estimate of drug-likeness (QED) is 0.569. The van der Waals surface area contributed by atoms with E-state index < -0.39 is 0 Å². The molecule has 2 rings (SSSR count). The van der Waals surface area contributed by atoms with Gasteiger partial charge in [-0.3, -0.25) is 0 Å². The average Bonchev–Trinajstić information content (AvgIpc) is 2.39. The van der Waals surface area contributed by atoms with Gasteiger partial charge in [-0.2, -0.15) is 0 Å². The second-order valence-corrected chi connectivity index (χ2v) is 4.41. The fourth-order valence-corrected chi connectivity index (χ4v) is 3.00. The van der Waals surface area contributed by atoms with E-state index in [2.05, 4.69) is 13.5 Å². The van der Waals surface area contributed by atoms with Crippen LogP contribution in [-0.2, 0) is 0 Å². The largest absolute Gasteiger partial charge is 0.393 e. The van der Waals surface area contributed by atoms with E-state index in [9.17, 15) is 5.11 Å². The minimum Gasteiger partial charge on any atom is -0.393 e. The van der Waals surface area contributed by atoms with Crippen LogP contribution in [0.4, 0.5) is 0 Å². The van der Waals surface area contributed by atoms with Crippen molar-refractivity contribution in [2.24, 2.45) is 17.3 Å². The Balaban J connectivity index is 2.26. The summed E-state index contributed by atoms with van der Waals surface area (Å²) in [4.78, 5) is 0. The number of aliphatic hydroxyl groups is 1. The van der Waals surface area contributed by atoms with E-state index in [0.29, 0.717) is 5.92 Å². The van der Waals surface area contributed by atoms with Crippen molar-refractivity contribution in [2.75, 3.05) is 0 Å². The van der Waals surface area contributed by atoms with E-state index in [0.717, 1.165) is 12.3 Å². The Hall–Kier alpha value is -0.300. The predicted molar refractivity (Wildman–Crippen MR) is 45.1 cm³/mol. The molecule has 0 aromatic carbocycles. The highest BCUT2D eigenvalue weighted by molar-refractivity contribution is 5.08. The topological polar surface area (TPSA) is 20.2 Å². The van der Waals surface area contributed by atoms with Gasteiger partial charge in [-0.25, -0.2) is 0 Å². The SMILES string of the molecule is C=CC1CC2CC(O)C1(C)C2. The van der Waals surface area contributed by atoms with Gasteiger partial charge in [0.1, 0.15) is 0 Å². The smallest absolute Gasteiger partial charge is 0.0602 e. The van der Waals surface area contributed by atoms with E-state index >= 15 is 0 Å². The molecule has 2 fully saturated rings. The Morgan fingerprint density at radius 1 is 1.55 bits per heavy atom. The van der Waals surface area contributed by atoms with E-state index in [4.69, 9.17) is 0 Å². The third-order valence-corrected chi connectivity index (χ3v) is 3.77. The Morgan fingerprint density at radius 3 is 2.64 bits per heavy atom. The number of rotatable bonds is 1. The summed E-state index contributed by atoms with van der Waals surface area (Å²) in [6.45, 7) is 6.04. The summed E-state index contributed by atoms with van der Waals surface area (Å²) in [6.07, 6.45) is 5.47. The highest BCUT2D eigenvalue weighted by atomic mass is 16.3. The van der Waals surface area contributed by atoms with Gasteiger partial charge in [0.2, 0.25) is 0 Å². The Morgan fingerprint density at radius 2 is 2.27 bits per heavy atom. The van der Waals surface area contributed by atoms with Crippen LogP contribution in [0.5, 0.6) is 0 Å². The molecule has 1 heteroatoms. The summed E-state index contributed by atoms with van der Waals surface area (Å²) >= 11 is 0. The fraction of sp³-hybridized carbons (Fsp3) is 0.800. The Labute approximate surface area is 68.1 Å². The zero-order valence-electron chi connectivity index (χ0n) is 7.09. The van der Waals surface area contributed by atoms with Crippen LogP contribution < -0.4 is 0 Å². The minimum absolute atomic E-state index is 0.0655. The number of hydrogen-bond acceptors (Lipinski definition) is 1. The van der Waals surface area contributed by atoms with Gasteiger partial charge in [0.15, 0.2) is 0 Å². The van der Waals surface area contributed by atoms with Gasteiger partial charge in [-0.05, 0) is 31.1 Å². The van der Waals surface area contributed by atoms with Crippen molar-refractivity contribution >= 4 is 0 Å². The van der Waals surface area contributed by atoms with Crippen molar-refractivity contribution in [1.29, 1.82) is 0 Å². The first-order chi connectivity index (χ1) is 5.16. The van der Waals surface area contributed by atoms with E-state index in [1.807, 2.05) is 6.08 Å². The summed E-state index contributed by atoms with van der Waals surface area (Å²) in [5.41, 5.74) is 0.173. The minimum atomic E-state index is -0.0655. The van der Waals surface area contributed by atoms with Crippen molar-refractivity contribution in [3.63, 3.8) is 0 Å².